The highest BCUT2D eigenvalue weighted by Crippen LogP contribution is 2.23. The fourth-order valence-electron chi connectivity index (χ4n) is 2.68. The summed E-state index contributed by atoms with van der Waals surface area (Å²) in [6.07, 6.45) is 2.24. The molecule has 2 aromatic carbocycles. The summed E-state index contributed by atoms with van der Waals surface area (Å²) in [5.41, 5.74) is 2.30. The monoisotopic (exact) mass is 373 g/mol. The van der Waals surface area contributed by atoms with Crippen molar-refractivity contribution in [2.24, 2.45) is 5.14 Å². The molecule has 4 N–H and O–H groups in total. The van der Waals surface area contributed by atoms with Crippen LogP contribution in [0, 0.1) is 0 Å². The van der Waals surface area contributed by atoms with Crippen molar-refractivity contribution in [1.29, 1.82) is 0 Å². The smallest absolute Gasteiger partial charge is 0.253 e. The molecule has 0 fully saturated rings. The summed E-state index contributed by atoms with van der Waals surface area (Å²) in [6.45, 7) is 0.421. The average molecular weight is 373 g/mol. The summed E-state index contributed by atoms with van der Waals surface area (Å²) in [7, 11) is -2.12. The minimum absolute atomic E-state index is 0.0676. The Morgan fingerprint density at radius 1 is 1.19 bits per heavy atom. The van der Waals surface area contributed by atoms with Gasteiger partial charge in [-0.1, -0.05) is 12.1 Å². The molecule has 1 heterocycles. The molecule has 0 aliphatic heterocycles. The molecule has 0 saturated carbocycles. The van der Waals surface area contributed by atoms with Gasteiger partial charge in [0.15, 0.2) is 0 Å². The third-order valence-electron chi connectivity index (χ3n) is 4.08. The summed E-state index contributed by atoms with van der Waals surface area (Å²) in [4.78, 5) is 15.6. The largest absolute Gasteiger partial charge is 0.497 e. The van der Waals surface area contributed by atoms with Crippen molar-refractivity contribution < 1.29 is 17.9 Å². The number of primary sulfonamides is 1. The van der Waals surface area contributed by atoms with Crippen LogP contribution in [-0.2, 0) is 16.4 Å². The second kappa shape index (κ2) is 7.19. The van der Waals surface area contributed by atoms with E-state index in [9.17, 15) is 13.2 Å². The fourth-order valence-corrected chi connectivity index (χ4v) is 3.19. The number of ether oxygens (including phenoxy) is 1. The van der Waals surface area contributed by atoms with Crippen LogP contribution in [0.25, 0.3) is 10.9 Å². The van der Waals surface area contributed by atoms with Crippen LogP contribution in [0.2, 0.25) is 0 Å². The zero-order chi connectivity index (χ0) is 18.7. The molecule has 3 aromatic rings. The topological polar surface area (TPSA) is 114 Å². The number of H-pyrrole nitrogens is 1. The second-order valence-electron chi connectivity index (χ2n) is 5.81. The first-order chi connectivity index (χ1) is 12.4. The van der Waals surface area contributed by atoms with Crippen LogP contribution >= 0.6 is 0 Å². The number of fused-ring (bicyclic) bond motifs is 1. The Balaban J connectivity index is 1.64. The lowest BCUT2D eigenvalue weighted by Crippen LogP contribution is -2.25. The Morgan fingerprint density at radius 3 is 2.58 bits per heavy atom. The van der Waals surface area contributed by atoms with Crippen LogP contribution in [0.1, 0.15) is 15.9 Å². The lowest BCUT2D eigenvalue weighted by atomic mass is 10.1. The number of hydrogen-bond acceptors (Lipinski definition) is 4. The number of sulfonamides is 1. The molecule has 0 spiro atoms. The number of aromatic amines is 1. The normalized spacial score (nSPS) is 11.5. The van der Waals surface area contributed by atoms with Gasteiger partial charge in [-0.25, -0.2) is 13.6 Å². The molecule has 0 aliphatic carbocycles. The van der Waals surface area contributed by atoms with Gasteiger partial charge in [0.05, 0.1) is 17.6 Å². The SMILES string of the molecule is COc1ccc2[nH]cc(C(=O)NCCc3ccc(S(N)(=O)=O)cc3)c2c1. The Labute approximate surface area is 151 Å². The number of nitrogens with two attached hydrogens (primary N) is 1. The second-order valence-corrected chi connectivity index (χ2v) is 7.37. The van der Waals surface area contributed by atoms with Gasteiger partial charge < -0.3 is 15.0 Å². The van der Waals surface area contributed by atoms with E-state index in [1.165, 1.54) is 12.1 Å². The van der Waals surface area contributed by atoms with Crippen molar-refractivity contribution in [2.45, 2.75) is 11.3 Å². The van der Waals surface area contributed by atoms with E-state index in [0.29, 0.717) is 24.3 Å². The number of hydrogen-bond donors (Lipinski definition) is 3. The summed E-state index contributed by atoms with van der Waals surface area (Å²) >= 11 is 0. The quantitative estimate of drug-likeness (QED) is 0.611. The van der Waals surface area contributed by atoms with E-state index in [1.54, 1.807) is 25.4 Å². The first-order valence-corrected chi connectivity index (χ1v) is 9.48. The first-order valence-electron chi connectivity index (χ1n) is 7.93. The minimum atomic E-state index is -3.69. The average Bonchev–Trinajstić information content (AvgIpc) is 3.04. The van der Waals surface area contributed by atoms with E-state index in [2.05, 4.69) is 10.3 Å². The molecule has 0 aliphatic rings. The molecular formula is C18H19N3O4S. The van der Waals surface area contributed by atoms with E-state index in [-0.39, 0.29) is 10.8 Å². The standard InChI is InChI=1S/C18H19N3O4S/c1-25-13-4-7-17-15(10-13)16(11-21-17)18(22)20-9-8-12-2-5-14(6-3-12)26(19,23)24/h2-7,10-11,21H,8-9H2,1H3,(H,20,22)(H2,19,23,24). The predicted octanol–water partition coefficient (Wildman–Crippen LogP) is 1.80. The number of carbonyl (C=O) groups is 1. The molecule has 1 amide bonds. The van der Waals surface area contributed by atoms with Gasteiger partial charge in [-0.05, 0) is 42.3 Å². The Hall–Kier alpha value is -2.84. The van der Waals surface area contributed by atoms with E-state index in [0.717, 1.165) is 16.5 Å². The number of carbonyl (C=O) groups excluding carboxylic acids is 1. The van der Waals surface area contributed by atoms with Crippen LogP contribution in [0.4, 0.5) is 0 Å². The third kappa shape index (κ3) is 3.87. The maximum absolute atomic E-state index is 12.4. The number of amides is 1. The molecule has 0 saturated heterocycles. The molecule has 3 rings (SSSR count). The van der Waals surface area contributed by atoms with Gasteiger partial charge in [0.25, 0.3) is 5.91 Å². The van der Waals surface area contributed by atoms with Crippen molar-refractivity contribution in [3.63, 3.8) is 0 Å². The van der Waals surface area contributed by atoms with Gasteiger partial charge >= 0.3 is 0 Å². The predicted molar refractivity (Wildman–Crippen MR) is 98.7 cm³/mol. The van der Waals surface area contributed by atoms with Gasteiger partial charge in [-0.2, -0.15) is 0 Å². The number of benzene rings is 2. The number of aromatic nitrogens is 1. The molecule has 0 bridgehead atoms. The van der Waals surface area contributed by atoms with Crippen molar-refractivity contribution >= 4 is 26.8 Å². The number of rotatable bonds is 6. The van der Waals surface area contributed by atoms with E-state index >= 15 is 0 Å². The molecule has 0 unspecified atom stereocenters. The van der Waals surface area contributed by atoms with Crippen LogP contribution in [0.3, 0.4) is 0 Å². The highest BCUT2D eigenvalue weighted by atomic mass is 32.2. The van der Waals surface area contributed by atoms with E-state index < -0.39 is 10.0 Å². The summed E-state index contributed by atoms with van der Waals surface area (Å²) in [5, 5.41) is 8.73. The minimum Gasteiger partial charge on any atom is -0.497 e. The van der Waals surface area contributed by atoms with Gasteiger partial charge in [0, 0.05) is 23.6 Å². The molecule has 8 heteroatoms. The molecule has 136 valence electrons. The molecular weight excluding hydrogens is 354 g/mol. The zero-order valence-electron chi connectivity index (χ0n) is 14.2. The molecule has 0 atom stereocenters. The van der Waals surface area contributed by atoms with Crippen molar-refractivity contribution in [3.8, 4) is 5.75 Å². The molecule has 1 aromatic heterocycles. The van der Waals surface area contributed by atoms with Crippen LogP contribution in [0.5, 0.6) is 5.75 Å². The summed E-state index contributed by atoms with van der Waals surface area (Å²) in [6, 6.07) is 11.8. The van der Waals surface area contributed by atoms with Gasteiger partial charge in [0.2, 0.25) is 10.0 Å². The van der Waals surface area contributed by atoms with Gasteiger partial charge in [0.1, 0.15) is 5.75 Å². The summed E-state index contributed by atoms with van der Waals surface area (Å²) < 4.78 is 27.7. The molecule has 0 radical (unpaired) electrons. The molecule has 26 heavy (non-hydrogen) atoms. The van der Waals surface area contributed by atoms with E-state index in [4.69, 9.17) is 9.88 Å². The third-order valence-corrected chi connectivity index (χ3v) is 5.01. The van der Waals surface area contributed by atoms with Gasteiger partial charge in [-0.3, -0.25) is 4.79 Å². The van der Waals surface area contributed by atoms with Gasteiger partial charge in [-0.15, -0.1) is 0 Å². The van der Waals surface area contributed by atoms with E-state index in [1.807, 2.05) is 18.2 Å². The Kier molecular flexibility index (Phi) is 4.97. The van der Waals surface area contributed by atoms with Crippen molar-refractivity contribution in [1.82, 2.24) is 10.3 Å². The maximum atomic E-state index is 12.4. The zero-order valence-corrected chi connectivity index (χ0v) is 15.0. The van der Waals surface area contributed by atoms with Crippen LogP contribution in [0.15, 0.2) is 53.6 Å². The number of nitrogens with one attached hydrogen (secondary N) is 2. The fraction of sp³-hybridized carbons (Fsp3) is 0.167. The van der Waals surface area contributed by atoms with Crippen LogP contribution < -0.4 is 15.2 Å². The Bertz CT molecular complexity index is 1040. The molecule has 7 nitrogen and oxygen atoms in total. The first kappa shape index (κ1) is 18.0. The highest BCUT2D eigenvalue weighted by Gasteiger charge is 2.12. The maximum Gasteiger partial charge on any atom is 0.253 e. The van der Waals surface area contributed by atoms with Crippen molar-refractivity contribution in [2.75, 3.05) is 13.7 Å². The van der Waals surface area contributed by atoms with Crippen LogP contribution in [-0.4, -0.2) is 33.0 Å². The number of methoxy groups -OCH3 is 1. The summed E-state index contributed by atoms with van der Waals surface area (Å²) in [5.74, 6) is 0.492. The Morgan fingerprint density at radius 2 is 1.92 bits per heavy atom. The lowest BCUT2D eigenvalue weighted by Gasteiger charge is -2.06. The highest BCUT2D eigenvalue weighted by molar-refractivity contribution is 7.89. The van der Waals surface area contributed by atoms with Crippen molar-refractivity contribution in [3.05, 3.63) is 59.8 Å². The lowest BCUT2D eigenvalue weighted by molar-refractivity contribution is 0.0956.